The van der Waals surface area contributed by atoms with Crippen molar-refractivity contribution in [2.75, 3.05) is 19.7 Å². The molecule has 4 nitrogen and oxygen atoms in total. The molecule has 0 bridgehead atoms. The van der Waals surface area contributed by atoms with Crippen LogP contribution in [0.3, 0.4) is 0 Å². The first-order valence-corrected chi connectivity index (χ1v) is 7.64. The molecule has 1 atom stereocenters. The molecule has 4 heteroatoms. The lowest BCUT2D eigenvalue weighted by Gasteiger charge is -2.33. The van der Waals surface area contributed by atoms with Gasteiger partial charge in [-0.3, -0.25) is 4.79 Å². The van der Waals surface area contributed by atoms with E-state index < -0.39 is 0 Å². The summed E-state index contributed by atoms with van der Waals surface area (Å²) in [7, 11) is 0. The topological polar surface area (TPSA) is 53.3 Å². The second-order valence-corrected chi connectivity index (χ2v) is 5.90. The average Bonchev–Trinajstić information content (AvgIpc) is 3.38. The van der Waals surface area contributed by atoms with Gasteiger partial charge in [-0.1, -0.05) is 12.1 Å². The molecule has 0 N–H and O–H groups in total. The number of hydrogen-bond donors (Lipinski definition) is 0. The molecule has 21 heavy (non-hydrogen) atoms. The van der Waals surface area contributed by atoms with Crippen LogP contribution >= 0.6 is 0 Å². The number of carbonyl (C=O) groups is 1. The van der Waals surface area contributed by atoms with Gasteiger partial charge in [-0.05, 0) is 42.9 Å². The number of amides is 1. The zero-order valence-corrected chi connectivity index (χ0v) is 12.1. The normalized spacial score (nSPS) is 21.9. The summed E-state index contributed by atoms with van der Waals surface area (Å²) in [6.45, 7) is 2.15. The van der Waals surface area contributed by atoms with Gasteiger partial charge in [-0.2, -0.15) is 5.26 Å². The summed E-state index contributed by atoms with van der Waals surface area (Å²) in [6.07, 6.45) is 4.02. The summed E-state index contributed by atoms with van der Waals surface area (Å²) < 4.78 is 5.75. The fourth-order valence-corrected chi connectivity index (χ4v) is 2.81. The van der Waals surface area contributed by atoms with Gasteiger partial charge in [0.05, 0.1) is 24.3 Å². The summed E-state index contributed by atoms with van der Waals surface area (Å²) in [5.41, 5.74) is 1.76. The Bertz CT molecular complexity index is 543. The standard InChI is InChI=1S/C17H20N2O2/c18-11-14-3-1-13(2-4-14)5-8-17(20)19-9-10-21-16(12-19)15-6-7-15/h1-4,15-16H,5-10,12H2. The second kappa shape index (κ2) is 6.28. The first kappa shape index (κ1) is 14.1. The highest BCUT2D eigenvalue weighted by Gasteiger charge is 2.36. The predicted molar refractivity (Wildman–Crippen MR) is 78.5 cm³/mol. The highest BCUT2D eigenvalue weighted by Crippen LogP contribution is 2.35. The number of morpholine rings is 1. The SMILES string of the molecule is N#Cc1ccc(CCC(=O)N2CCOC(C3CC3)C2)cc1. The van der Waals surface area contributed by atoms with Crippen LogP contribution in [0.4, 0.5) is 0 Å². The summed E-state index contributed by atoms with van der Waals surface area (Å²) in [5, 5.41) is 8.77. The Morgan fingerprint density at radius 2 is 2.10 bits per heavy atom. The number of ether oxygens (including phenoxy) is 1. The molecule has 2 fully saturated rings. The second-order valence-electron chi connectivity index (χ2n) is 5.90. The molecule has 0 aromatic heterocycles. The van der Waals surface area contributed by atoms with Gasteiger partial charge < -0.3 is 9.64 Å². The van der Waals surface area contributed by atoms with Gasteiger partial charge in [0.2, 0.25) is 5.91 Å². The molecule has 110 valence electrons. The van der Waals surface area contributed by atoms with Crippen LogP contribution in [0.2, 0.25) is 0 Å². The minimum Gasteiger partial charge on any atom is -0.374 e. The van der Waals surface area contributed by atoms with Crippen molar-refractivity contribution in [3.8, 4) is 6.07 Å². The molecular formula is C17H20N2O2. The maximum atomic E-state index is 12.3. The summed E-state index contributed by atoms with van der Waals surface area (Å²) in [4.78, 5) is 14.3. The Labute approximate surface area is 125 Å². The molecule has 1 aromatic rings. The van der Waals surface area contributed by atoms with Crippen LogP contribution in [0, 0.1) is 17.2 Å². The summed E-state index contributed by atoms with van der Waals surface area (Å²) in [5.74, 6) is 0.896. The fraction of sp³-hybridized carbons (Fsp3) is 0.529. The van der Waals surface area contributed by atoms with Crippen LogP contribution in [-0.2, 0) is 16.0 Å². The van der Waals surface area contributed by atoms with Crippen LogP contribution in [-0.4, -0.2) is 36.6 Å². The Morgan fingerprint density at radius 1 is 1.33 bits per heavy atom. The van der Waals surface area contributed by atoms with Gasteiger partial charge in [0.25, 0.3) is 0 Å². The van der Waals surface area contributed by atoms with Crippen molar-refractivity contribution < 1.29 is 9.53 Å². The van der Waals surface area contributed by atoms with Crippen molar-refractivity contribution in [1.82, 2.24) is 4.90 Å². The highest BCUT2D eigenvalue weighted by molar-refractivity contribution is 5.76. The van der Waals surface area contributed by atoms with Crippen molar-refractivity contribution in [1.29, 1.82) is 5.26 Å². The molecule has 1 saturated carbocycles. The molecule has 1 saturated heterocycles. The molecule has 0 radical (unpaired) electrons. The Balaban J connectivity index is 1.49. The van der Waals surface area contributed by atoms with E-state index in [1.165, 1.54) is 12.8 Å². The number of benzene rings is 1. The number of nitriles is 1. The fourth-order valence-electron chi connectivity index (χ4n) is 2.81. The first-order valence-electron chi connectivity index (χ1n) is 7.64. The molecule has 1 aliphatic carbocycles. The van der Waals surface area contributed by atoms with Crippen LogP contribution in [0.1, 0.15) is 30.4 Å². The number of hydrogen-bond acceptors (Lipinski definition) is 3. The largest absolute Gasteiger partial charge is 0.374 e. The Hall–Kier alpha value is -1.86. The van der Waals surface area contributed by atoms with Gasteiger partial charge in [-0.25, -0.2) is 0 Å². The maximum Gasteiger partial charge on any atom is 0.223 e. The first-order chi connectivity index (χ1) is 10.3. The minimum atomic E-state index is 0.216. The molecule has 3 rings (SSSR count). The highest BCUT2D eigenvalue weighted by atomic mass is 16.5. The third-order valence-electron chi connectivity index (χ3n) is 4.30. The van der Waals surface area contributed by atoms with Crippen molar-refractivity contribution >= 4 is 5.91 Å². The predicted octanol–water partition coefficient (Wildman–Crippen LogP) is 2.13. The maximum absolute atomic E-state index is 12.3. The van der Waals surface area contributed by atoms with Crippen LogP contribution in [0.15, 0.2) is 24.3 Å². The molecule has 1 amide bonds. The van der Waals surface area contributed by atoms with Crippen LogP contribution < -0.4 is 0 Å². The lowest BCUT2D eigenvalue weighted by Crippen LogP contribution is -2.46. The van der Waals surface area contributed by atoms with E-state index in [1.54, 1.807) is 12.1 Å². The van der Waals surface area contributed by atoms with Crippen molar-refractivity contribution in [3.05, 3.63) is 35.4 Å². The van der Waals surface area contributed by atoms with E-state index in [9.17, 15) is 4.79 Å². The molecule has 1 aliphatic heterocycles. The van der Waals surface area contributed by atoms with E-state index in [0.717, 1.165) is 25.1 Å². The Morgan fingerprint density at radius 3 is 2.76 bits per heavy atom. The minimum absolute atomic E-state index is 0.216. The van der Waals surface area contributed by atoms with Crippen molar-refractivity contribution in [3.63, 3.8) is 0 Å². The van der Waals surface area contributed by atoms with Crippen LogP contribution in [0.5, 0.6) is 0 Å². The number of nitrogens with zero attached hydrogens (tertiary/aromatic N) is 2. The average molecular weight is 284 g/mol. The van der Waals surface area contributed by atoms with Gasteiger partial charge in [0, 0.05) is 19.5 Å². The van der Waals surface area contributed by atoms with E-state index in [1.807, 2.05) is 17.0 Å². The van der Waals surface area contributed by atoms with E-state index >= 15 is 0 Å². The van der Waals surface area contributed by atoms with Gasteiger partial charge >= 0.3 is 0 Å². The lowest BCUT2D eigenvalue weighted by atomic mass is 10.1. The zero-order chi connectivity index (χ0) is 14.7. The molecule has 1 unspecified atom stereocenters. The Kier molecular flexibility index (Phi) is 4.21. The number of carbonyl (C=O) groups excluding carboxylic acids is 1. The molecule has 0 spiro atoms. The van der Waals surface area contributed by atoms with Crippen molar-refractivity contribution in [2.45, 2.75) is 31.8 Å². The smallest absolute Gasteiger partial charge is 0.223 e. The van der Waals surface area contributed by atoms with Gasteiger partial charge in [-0.15, -0.1) is 0 Å². The zero-order valence-electron chi connectivity index (χ0n) is 12.1. The summed E-state index contributed by atoms with van der Waals surface area (Å²) in [6, 6.07) is 9.57. The number of rotatable bonds is 4. The molecule has 1 aromatic carbocycles. The quantitative estimate of drug-likeness (QED) is 0.851. The number of aryl methyl sites for hydroxylation is 1. The van der Waals surface area contributed by atoms with Crippen LogP contribution in [0.25, 0.3) is 0 Å². The molecule has 1 heterocycles. The van der Waals surface area contributed by atoms with Gasteiger partial charge in [0.1, 0.15) is 0 Å². The monoisotopic (exact) mass is 284 g/mol. The molecule has 2 aliphatic rings. The van der Waals surface area contributed by atoms with E-state index in [4.69, 9.17) is 10.00 Å². The van der Waals surface area contributed by atoms with Gasteiger partial charge in [0.15, 0.2) is 0 Å². The third kappa shape index (κ3) is 3.62. The summed E-state index contributed by atoms with van der Waals surface area (Å²) >= 11 is 0. The third-order valence-corrected chi connectivity index (χ3v) is 4.30. The lowest BCUT2D eigenvalue weighted by molar-refractivity contribution is -0.139. The molecular weight excluding hydrogens is 264 g/mol. The van der Waals surface area contributed by atoms with E-state index in [-0.39, 0.29) is 12.0 Å². The van der Waals surface area contributed by atoms with Crippen molar-refractivity contribution in [2.24, 2.45) is 5.92 Å². The van der Waals surface area contributed by atoms with E-state index in [2.05, 4.69) is 6.07 Å². The van der Waals surface area contributed by atoms with E-state index in [0.29, 0.717) is 24.5 Å².